The zero-order valence-electron chi connectivity index (χ0n) is 22.6. The van der Waals surface area contributed by atoms with Gasteiger partial charge in [0.1, 0.15) is 5.60 Å². The molecule has 2 aromatic carbocycles. The summed E-state index contributed by atoms with van der Waals surface area (Å²) in [5.74, 6) is 0. The van der Waals surface area contributed by atoms with Crippen molar-refractivity contribution in [1.82, 2.24) is 4.90 Å². The van der Waals surface area contributed by atoms with Crippen molar-refractivity contribution in [2.75, 3.05) is 13.2 Å². The van der Waals surface area contributed by atoms with Gasteiger partial charge in [0.15, 0.2) is 0 Å². The van der Waals surface area contributed by atoms with Crippen LogP contribution in [0.5, 0.6) is 0 Å². The molecule has 1 amide bonds. The van der Waals surface area contributed by atoms with Gasteiger partial charge in [0.25, 0.3) is 8.32 Å². The molecule has 1 fully saturated rings. The topological polar surface area (TPSA) is 79.2 Å². The third-order valence-electron chi connectivity index (χ3n) is 6.81. The SMILES string of the molecule is CC(C)(C)OC(=O)N1CCCC(O[Si](c2ccccc2)(c2ccccc2)C(C)(C)C)C1CC(O)CO. The Bertz CT molecular complexity index is 931. The van der Waals surface area contributed by atoms with E-state index in [1.807, 2.05) is 32.9 Å². The number of hydrogen-bond donors (Lipinski definition) is 2. The van der Waals surface area contributed by atoms with Crippen LogP contribution in [-0.2, 0) is 9.16 Å². The van der Waals surface area contributed by atoms with Gasteiger partial charge in [-0.15, -0.1) is 0 Å². The molecule has 7 heteroatoms. The third-order valence-corrected chi connectivity index (χ3v) is 11.9. The van der Waals surface area contributed by atoms with Crippen molar-refractivity contribution in [2.45, 2.75) is 89.7 Å². The first-order valence-corrected chi connectivity index (χ1v) is 14.9. The number of rotatable bonds is 7. The number of carbonyl (C=O) groups is 1. The number of aliphatic hydroxyl groups is 2. The highest BCUT2D eigenvalue weighted by Crippen LogP contribution is 2.40. The molecule has 1 aliphatic heterocycles. The standard InChI is InChI=1S/C29H43NO5Si/c1-28(2,3)34-27(33)30-19-13-18-26(25(30)20-22(32)21-31)35-36(29(4,5)6,23-14-9-7-10-15-23)24-16-11-8-12-17-24/h7-12,14-17,22,25-26,31-32H,13,18-21H2,1-6H3. The molecule has 0 spiro atoms. The van der Waals surface area contributed by atoms with Crippen LogP contribution in [0.2, 0.25) is 5.04 Å². The van der Waals surface area contributed by atoms with Crippen LogP contribution in [0.4, 0.5) is 4.79 Å². The summed E-state index contributed by atoms with van der Waals surface area (Å²) in [6.45, 7) is 12.4. The maximum absolute atomic E-state index is 13.3. The molecule has 3 unspecified atom stereocenters. The molecular weight excluding hydrogens is 470 g/mol. The average molecular weight is 514 g/mol. The molecule has 6 nitrogen and oxygen atoms in total. The van der Waals surface area contributed by atoms with E-state index in [4.69, 9.17) is 9.16 Å². The number of hydrogen-bond acceptors (Lipinski definition) is 5. The molecule has 0 saturated carbocycles. The van der Waals surface area contributed by atoms with Crippen molar-refractivity contribution in [3.05, 3.63) is 60.7 Å². The van der Waals surface area contributed by atoms with Gasteiger partial charge in [-0.25, -0.2) is 4.79 Å². The predicted octanol–water partition coefficient (Wildman–Crippen LogP) is 4.07. The second-order valence-corrected chi connectivity index (χ2v) is 16.0. The monoisotopic (exact) mass is 513 g/mol. The van der Waals surface area contributed by atoms with Crippen LogP contribution < -0.4 is 10.4 Å². The summed E-state index contributed by atoms with van der Waals surface area (Å²) >= 11 is 0. The Morgan fingerprint density at radius 1 is 1.00 bits per heavy atom. The fraction of sp³-hybridized carbons (Fsp3) is 0.552. The molecule has 1 heterocycles. The van der Waals surface area contributed by atoms with Gasteiger partial charge < -0.3 is 24.3 Å². The lowest BCUT2D eigenvalue weighted by Crippen LogP contribution is -2.70. The molecule has 0 aromatic heterocycles. The van der Waals surface area contributed by atoms with Gasteiger partial charge >= 0.3 is 6.09 Å². The van der Waals surface area contributed by atoms with E-state index >= 15 is 0 Å². The Morgan fingerprint density at radius 3 is 1.97 bits per heavy atom. The number of piperidine rings is 1. The second-order valence-electron chi connectivity index (χ2n) is 11.8. The minimum absolute atomic E-state index is 0.218. The number of amides is 1. The molecule has 1 aliphatic rings. The predicted molar refractivity (Wildman–Crippen MR) is 146 cm³/mol. The molecule has 0 radical (unpaired) electrons. The minimum atomic E-state index is -2.87. The summed E-state index contributed by atoms with van der Waals surface area (Å²) in [7, 11) is -2.87. The molecule has 1 saturated heterocycles. The summed E-state index contributed by atoms with van der Waals surface area (Å²) < 4.78 is 13.1. The fourth-order valence-electron chi connectivity index (χ4n) is 5.26. The van der Waals surface area contributed by atoms with E-state index in [9.17, 15) is 15.0 Å². The molecule has 2 aromatic rings. The highest BCUT2D eigenvalue weighted by Gasteiger charge is 2.53. The van der Waals surface area contributed by atoms with E-state index < -0.39 is 32.2 Å². The highest BCUT2D eigenvalue weighted by molar-refractivity contribution is 6.99. The number of ether oxygens (including phenoxy) is 1. The van der Waals surface area contributed by atoms with Crippen LogP contribution in [0.1, 0.15) is 60.8 Å². The largest absolute Gasteiger partial charge is 0.444 e. The third kappa shape index (κ3) is 6.38. The van der Waals surface area contributed by atoms with E-state index in [2.05, 4.69) is 69.3 Å². The lowest BCUT2D eigenvalue weighted by atomic mass is 9.94. The lowest BCUT2D eigenvalue weighted by Gasteiger charge is -2.49. The quantitative estimate of drug-likeness (QED) is 0.546. The minimum Gasteiger partial charge on any atom is -0.444 e. The van der Waals surface area contributed by atoms with Gasteiger partial charge in [-0.2, -0.15) is 0 Å². The maximum atomic E-state index is 13.3. The zero-order valence-corrected chi connectivity index (χ0v) is 23.6. The zero-order chi connectivity index (χ0) is 26.6. The van der Waals surface area contributed by atoms with E-state index in [1.165, 1.54) is 10.4 Å². The fourth-order valence-corrected chi connectivity index (χ4v) is 10.0. The van der Waals surface area contributed by atoms with Gasteiger partial charge in [0.2, 0.25) is 0 Å². The van der Waals surface area contributed by atoms with Crippen molar-refractivity contribution in [2.24, 2.45) is 0 Å². The lowest BCUT2D eigenvalue weighted by molar-refractivity contribution is -0.0357. The Kier molecular flexibility index (Phi) is 9.04. The van der Waals surface area contributed by atoms with Crippen molar-refractivity contribution < 1.29 is 24.2 Å². The van der Waals surface area contributed by atoms with Gasteiger partial charge in [0, 0.05) is 6.54 Å². The summed E-state index contributed by atoms with van der Waals surface area (Å²) in [5, 5.41) is 22.3. The van der Waals surface area contributed by atoms with E-state index in [0.29, 0.717) is 6.54 Å². The first-order valence-electron chi connectivity index (χ1n) is 13.0. The number of nitrogens with zero attached hydrogens (tertiary/aromatic N) is 1. The molecule has 198 valence electrons. The Hall–Kier alpha value is -2.19. The highest BCUT2D eigenvalue weighted by atomic mass is 28.4. The first-order chi connectivity index (χ1) is 16.9. The van der Waals surface area contributed by atoms with Crippen LogP contribution in [-0.4, -0.2) is 66.5 Å². The molecule has 0 bridgehead atoms. The van der Waals surface area contributed by atoms with Gasteiger partial charge in [0.05, 0.1) is 24.9 Å². The van der Waals surface area contributed by atoms with E-state index in [-0.39, 0.29) is 24.2 Å². The molecular formula is C29H43NO5Si. The van der Waals surface area contributed by atoms with Crippen molar-refractivity contribution in [3.63, 3.8) is 0 Å². The molecule has 2 N–H and O–H groups in total. The van der Waals surface area contributed by atoms with Gasteiger partial charge in [-0.05, 0) is 55.4 Å². The number of benzene rings is 2. The van der Waals surface area contributed by atoms with Gasteiger partial charge in [-0.1, -0.05) is 81.4 Å². The first kappa shape index (κ1) is 28.4. The van der Waals surface area contributed by atoms with Crippen molar-refractivity contribution in [1.29, 1.82) is 0 Å². The van der Waals surface area contributed by atoms with E-state index in [0.717, 1.165) is 12.8 Å². The smallest absolute Gasteiger partial charge is 0.410 e. The maximum Gasteiger partial charge on any atom is 0.410 e. The van der Waals surface area contributed by atoms with E-state index in [1.54, 1.807) is 4.90 Å². The number of carbonyl (C=O) groups excluding carboxylic acids is 1. The summed E-state index contributed by atoms with van der Waals surface area (Å²) in [5.41, 5.74) is -0.636. The molecule has 3 atom stereocenters. The van der Waals surface area contributed by atoms with Crippen LogP contribution in [0.15, 0.2) is 60.7 Å². The summed E-state index contributed by atoms with van der Waals surface area (Å²) in [4.78, 5) is 15.0. The number of likely N-dealkylation sites (tertiary alicyclic amines) is 1. The second kappa shape index (κ2) is 11.5. The normalized spacial score (nSPS) is 20.2. The van der Waals surface area contributed by atoms with Crippen LogP contribution in [0, 0.1) is 0 Å². The van der Waals surface area contributed by atoms with Gasteiger partial charge in [-0.3, -0.25) is 0 Å². The molecule has 36 heavy (non-hydrogen) atoms. The summed E-state index contributed by atoms with van der Waals surface area (Å²) in [6.07, 6.45) is 0.0643. The Balaban J connectivity index is 2.11. The Morgan fingerprint density at radius 2 is 1.53 bits per heavy atom. The molecule has 3 rings (SSSR count). The van der Waals surface area contributed by atoms with Crippen LogP contribution in [0.3, 0.4) is 0 Å². The van der Waals surface area contributed by atoms with Crippen LogP contribution >= 0.6 is 0 Å². The molecule has 0 aliphatic carbocycles. The average Bonchev–Trinajstić information content (AvgIpc) is 2.82. The number of aliphatic hydroxyl groups excluding tert-OH is 2. The Labute approximate surface area is 217 Å². The van der Waals surface area contributed by atoms with Crippen molar-refractivity contribution >= 4 is 24.8 Å². The van der Waals surface area contributed by atoms with Crippen molar-refractivity contribution in [3.8, 4) is 0 Å². The van der Waals surface area contributed by atoms with Crippen LogP contribution in [0.25, 0.3) is 0 Å². The summed E-state index contributed by atoms with van der Waals surface area (Å²) in [6, 6.07) is 20.4.